The predicted molar refractivity (Wildman–Crippen MR) is 58.2 cm³/mol. The van der Waals surface area contributed by atoms with E-state index in [1.807, 2.05) is 0 Å². The lowest BCUT2D eigenvalue weighted by Crippen LogP contribution is -2.11. The van der Waals surface area contributed by atoms with Gasteiger partial charge in [-0.15, -0.1) is 0 Å². The molecule has 0 saturated heterocycles. The van der Waals surface area contributed by atoms with Crippen molar-refractivity contribution in [3.63, 3.8) is 0 Å². The molecule has 16 heavy (non-hydrogen) atoms. The van der Waals surface area contributed by atoms with Crippen molar-refractivity contribution >= 4 is 17.6 Å². The van der Waals surface area contributed by atoms with Crippen LogP contribution in [0.4, 0.5) is 5.69 Å². The number of amides is 1. The molecule has 1 rings (SSSR count). The molecule has 0 atom stereocenters. The van der Waals surface area contributed by atoms with Gasteiger partial charge < -0.3 is 15.5 Å². The fraction of sp³-hybridized carbons (Fsp3) is 0.273. The molecule has 5 nitrogen and oxygen atoms in total. The summed E-state index contributed by atoms with van der Waals surface area (Å²) in [5.41, 5.74) is 0.500. The number of aromatic hydroxyl groups is 1. The maximum absolute atomic E-state index is 11.3. The van der Waals surface area contributed by atoms with E-state index in [4.69, 9.17) is 10.2 Å². The maximum atomic E-state index is 11.3. The molecule has 5 heteroatoms. The van der Waals surface area contributed by atoms with E-state index in [0.29, 0.717) is 12.1 Å². The molecule has 0 spiro atoms. The van der Waals surface area contributed by atoms with Crippen LogP contribution in [0.2, 0.25) is 0 Å². The maximum Gasteiger partial charge on any atom is 0.303 e. The van der Waals surface area contributed by atoms with E-state index in [1.54, 1.807) is 12.1 Å². The largest absolute Gasteiger partial charge is 0.508 e. The van der Waals surface area contributed by atoms with Crippen LogP contribution in [-0.4, -0.2) is 22.1 Å². The highest BCUT2D eigenvalue weighted by molar-refractivity contribution is 5.91. The molecule has 0 aliphatic carbocycles. The van der Waals surface area contributed by atoms with Crippen LogP contribution in [0.15, 0.2) is 24.3 Å². The number of carbonyl (C=O) groups excluding carboxylic acids is 1. The zero-order valence-corrected chi connectivity index (χ0v) is 8.64. The third-order valence-corrected chi connectivity index (χ3v) is 1.92. The Kier molecular flexibility index (Phi) is 4.32. The van der Waals surface area contributed by atoms with Gasteiger partial charge in [-0.3, -0.25) is 9.59 Å². The molecule has 0 unspecified atom stereocenters. The molecule has 1 aromatic rings. The zero-order valence-electron chi connectivity index (χ0n) is 8.64. The first-order valence-corrected chi connectivity index (χ1v) is 4.88. The van der Waals surface area contributed by atoms with Gasteiger partial charge in [-0.2, -0.15) is 0 Å². The van der Waals surface area contributed by atoms with Gasteiger partial charge in [-0.25, -0.2) is 0 Å². The smallest absolute Gasteiger partial charge is 0.303 e. The predicted octanol–water partition coefficient (Wildman–Crippen LogP) is 1.59. The molecule has 0 radical (unpaired) electrons. The van der Waals surface area contributed by atoms with Crippen LogP contribution in [-0.2, 0) is 9.59 Å². The fourth-order valence-corrected chi connectivity index (χ4v) is 1.21. The van der Waals surface area contributed by atoms with Gasteiger partial charge in [-0.05, 0) is 18.6 Å². The lowest BCUT2D eigenvalue weighted by molar-refractivity contribution is -0.137. The Hall–Kier alpha value is -2.04. The molecule has 86 valence electrons. The lowest BCUT2D eigenvalue weighted by Gasteiger charge is -2.04. The second-order valence-electron chi connectivity index (χ2n) is 3.35. The van der Waals surface area contributed by atoms with Gasteiger partial charge in [0.25, 0.3) is 0 Å². The van der Waals surface area contributed by atoms with Gasteiger partial charge >= 0.3 is 5.97 Å². The minimum absolute atomic E-state index is 0.0204. The summed E-state index contributed by atoms with van der Waals surface area (Å²) in [6.07, 6.45) is 0.440. The van der Waals surface area contributed by atoms with Crippen molar-refractivity contribution in [2.45, 2.75) is 19.3 Å². The normalized spacial score (nSPS) is 9.75. The number of carboxylic acid groups (broad SMARTS) is 1. The molecule has 1 amide bonds. The molecule has 0 saturated carbocycles. The number of anilines is 1. The van der Waals surface area contributed by atoms with Crippen LogP contribution >= 0.6 is 0 Å². The molecule has 0 aliphatic rings. The van der Waals surface area contributed by atoms with E-state index in [2.05, 4.69) is 5.32 Å². The van der Waals surface area contributed by atoms with Crippen molar-refractivity contribution in [2.75, 3.05) is 5.32 Å². The van der Waals surface area contributed by atoms with Crippen LogP contribution in [0.25, 0.3) is 0 Å². The SMILES string of the molecule is O=C(O)CCCC(=O)Nc1cccc(O)c1. The summed E-state index contributed by atoms with van der Waals surface area (Å²) in [6, 6.07) is 6.19. The van der Waals surface area contributed by atoms with E-state index >= 15 is 0 Å². The molecule has 3 N–H and O–H groups in total. The highest BCUT2D eigenvalue weighted by Gasteiger charge is 2.04. The van der Waals surface area contributed by atoms with Gasteiger partial charge in [0.2, 0.25) is 5.91 Å². The number of benzene rings is 1. The third kappa shape index (κ3) is 4.45. The number of hydrogen-bond donors (Lipinski definition) is 3. The average Bonchev–Trinajstić information content (AvgIpc) is 2.16. The van der Waals surface area contributed by atoms with Crippen LogP contribution in [0.5, 0.6) is 5.75 Å². The second kappa shape index (κ2) is 5.75. The van der Waals surface area contributed by atoms with Crippen molar-refractivity contribution in [1.29, 1.82) is 0 Å². The Morgan fingerprint density at radius 3 is 2.62 bits per heavy atom. The lowest BCUT2D eigenvalue weighted by atomic mass is 10.2. The van der Waals surface area contributed by atoms with Gasteiger partial charge in [0, 0.05) is 24.6 Å². The van der Waals surface area contributed by atoms with Gasteiger partial charge in [0.15, 0.2) is 0 Å². The standard InChI is InChI=1S/C11H13NO4/c13-9-4-1-3-8(7-9)12-10(14)5-2-6-11(15)16/h1,3-4,7,13H,2,5-6H2,(H,12,14)(H,15,16). The van der Waals surface area contributed by atoms with E-state index < -0.39 is 5.97 Å². The molecule has 0 fully saturated rings. The number of phenols is 1. The number of phenolic OH excluding ortho intramolecular Hbond substituents is 1. The summed E-state index contributed by atoms with van der Waals surface area (Å²) < 4.78 is 0. The molecule has 0 aliphatic heterocycles. The summed E-state index contributed by atoms with van der Waals surface area (Å²) in [6.45, 7) is 0. The van der Waals surface area contributed by atoms with Crippen LogP contribution in [0.1, 0.15) is 19.3 Å². The minimum atomic E-state index is -0.912. The minimum Gasteiger partial charge on any atom is -0.508 e. The third-order valence-electron chi connectivity index (χ3n) is 1.92. The quantitative estimate of drug-likeness (QED) is 0.707. The average molecular weight is 223 g/mol. The summed E-state index contributed by atoms with van der Waals surface area (Å²) in [5.74, 6) is -1.10. The molecule has 0 heterocycles. The van der Waals surface area contributed by atoms with Crippen LogP contribution in [0.3, 0.4) is 0 Å². The van der Waals surface area contributed by atoms with Crippen LogP contribution in [0, 0.1) is 0 Å². The Balaban J connectivity index is 2.37. The zero-order chi connectivity index (χ0) is 12.0. The van der Waals surface area contributed by atoms with Gasteiger partial charge in [0.05, 0.1) is 0 Å². The van der Waals surface area contributed by atoms with Crippen molar-refractivity contribution in [2.24, 2.45) is 0 Å². The topological polar surface area (TPSA) is 86.6 Å². The number of aliphatic carboxylic acids is 1. The molecular weight excluding hydrogens is 210 g/mol. The number of carboxylic acids is 1. The summed E-state index contributed by atoms with van der Waals surface area (Å²) in [5, 5.41) is 20.1. The first-order valence-electron chi connectivity index (χ1n) is 4.88. The fourth-order valence-electron chi connectivity index (χ4n) is 1.21. The number of rotatable bonds is 5. The van der Waals surface area contributed by atoms with Crippen molar-refractivity contribution in [3.8, 4) is 5.75 Å². The first-order chi connectivity index (χ1) is 7.58. The van der Waals surface area contributed by atoms with E-state index in [9.17, 15) is 9.59 Å². The second-order valence-corrected chi connectivity index (χ2v) is 3.35. The first kappa shape index (κ1) is 12.0. The molecule has 1 aromatic carbocycles. The van der Waals surface area contributed by atoms with Crippen molar-refractivity contribution < 1.29 is 19.8 Å². The highest BCUT2D eigenvalue weighted by atomic mass is 16.4. The van der Waals surface area contributed by atoms with Crippen molar-refractivity contribution in [3.05, 3.63) is 24.3 Å². The van der Waals surface area contributed by atoms with E-state index in [0.717, 1.165) is 0 Å². The Morgan fingerprint density at radius 2 is 2.00 bits per heavy atom. The van der Waals surface area contributed by atoms with E-state index in [-0.39, 0.29) is 24.5 Å². The van der Waals surface area contributed by atoms with E-state index in [1.165, 1.54) is 12.1 Å². The molecule has 0 bridgehead atoms. The Morgan fingerprint density at radius 1 is 1.25 bits per heavy atom. The Bertz CT molecular complexity index is 389. The van der Waals surface area contributed by atoms with Gasteiger partial charge in [-0.1, -0.05) is 6.07 Å². The number of carbonyl (C=O) groups is 2. The number of nitrogens with one attached hydrogen (secondary N) is 1. The summed E-state index contributed by atoms with van der Waals surface area (Å²) in [4.78, 5) is 21.5. The molecular formula is C11H13NO4. The van der Waals surface area contributed by atoms with Gasteiger partial charge in [0.1, 0.15) is 5.75 Å². The van der Waals surface area contributed by atoms with Crippen LogP contribution < -0.4 is 5.32 Å². The summed E-state index contributed by atoms with van der Waals surface area (Å²) in [7, 11) is 0. The summed E-state index contributed by atoms with van der Waals surface area (Å²) >= 11 is 0. The monoisotopic (exact) mass is 223 g/mol. The highest BCUT2D eigenvalue weighted by Crippen LogP contribution is 2.15. The van der Waals surface area contributed by atoms with Crippen molar-refractivity contribution in [1.82, 2.24) is 0 Å². The Labute approximate surface area is 92.7 Å². The molecule has 0 aromatic heterocycles. The number of hydrogen-bond acceptors (Lipinski definition) is 3.